The number of pyridine rings is 1. The minimum Gasteiger partial charge on any atom is -0.411 e. The molecule has 0 saturated carbocycles. The van der Waals surface area contributed by atoms with E-state index in [1.165, 1.54) is 0 Å². The van der Waals surface area contributed by atoms with Crippen molar-refractivity contribution in [3.63, 3.8) is 0 Å². The van der Waals surface area contributed by atoms with Crippen molar-refractivity contribution in [1.29, 1.82) is 0 Å². The van der Waals surface area contributed by atoms with Crippen LogP contribution in [0.5, 0.6) is 0 Å². The molecule has 0 radical (unpaired) electrons. The van der Waals surface area contributed by atoms with Gasteiger partial charge in [-0.2, -0.15) is 0 Å². The maximum absolute atomic E-state index is 8.61. The number of benzene rings is 1. The zero-order valence-electron chi connectivity index (χ0n) is 7.81. The van der Waals surface area contributed by atoms with E-state index in [4.69, 9.17) is 5.21 Å². The second-order valence-corrected chi connectivity index (χ2v) is 3.07. The maximum Gasteiger partial charge on any atom is 0.102 e. The van der Waals surface area contributed by atoms with Crippen LogP contribution in [0.15, 0.2) is 41.6 Å². The van der Waals surface area contributed by atoms with Crippen molar-refractivity contribution < 1.29 is 5.21 Å². The molecular formula is C11H10N2O. The Morgan fingerprint density at radius 1 is 1.21 bits per heavy atom. The molecule has 14 heavy (non-hydrogen) atoms. The number of para-hydroxylation sites is 1. The number of aromatic nitrogens is 1. The van der Waals surface area contributed by atoms with Crippen LogP contribution in [0.4, 0.5) is 0 Å². The number of oxime groups is 1. The van der Waals surface area contributed by atoms with Gasteiger partial charge in [0.2, 0.25) is 0 Å². The molecular weight excluding hydrogens is 176 g/mol. The standard InChI is InChI=1S/C11H10N2O/c1-8(13-14)10-7-6-9-4-2-3-5-11(9)12-10/h2-7,14H,1H3/b13-8-. The van der Waals surface area contributed by atoms with E-state index in [2.05, 4.69) is 10.1 Å². The second kappa shape index (κ2) is 3.46. The van der Waals surface area contributed by atoms with Gasteiger partial charge in [0, 0.05) is 5.39 Å². The number of fused-ring (bicyclic) bond motifs is 1. The summed E-state index contributed by atoms with van der Waals surface area (Å²) in [5.41, 5.74) is 2.13. The van der Waals surface area contributed by atoms with Gasteiger partial charge in [0.25, 0.3) is 0 Å². The summed E-state index contributed by atoms with van der Waals surface area (Å²) in [5.74, 6) is 0. The molecule has 1 aromatic carbocycles. The lowest BCUT2D eigenvalue weighted by Crippen LogP contribution is -1.97. The fourth-order valence-corrected chi connectivity index (χ4v) is 1.32. The molecule has 2 aromatic rings. The summed E-state index contributed by atoms with van der Waals surface area (Å²) in [5, 5.41) is 12.8. The van der Waals surface area contributed by atoms with Gasteiger partial charge in [-0.1, -0.05) is 29.4 Å². The fraction of sp³-hybridized carbons (Fsp3) is 0.0909. The van der Waals surface area contributed by atoms with E-state index in [1.807, 2.05) is 36.4 Å². The highest BCUT2D eigenvalue weighted by Crippen LogP contribution is 2.11. The topological polar surface area (TPSA) is 45.5 Å². The molecule has 3 nitrogen and oxygen atoms in total. The van der Waals surface area contributed by atoms with Gasteiger partial charge >= 0.3 is 0 Å². The van der Waals surface area contributed by atoms with E-state index >= 15 is 0 Å². The minimum absolute atomic E-state index is 0.524. The van der Waals surface area contributed by atoms with Crippen LogP contribution in [0.25, 0.3) is 10.9 Å². The molecule has 0 aliphatic heterocycles. The summed E-state index contributed by atoms with van der Waals surface area (Å²) in [7, 11) is 0. The number of hydrogen-bond acceptors (Lipinski definition) is 3. The number of rotatable bonds is 1. The van der Waals surface area contributed by atoms with E-state index < -0.39 is 0 Å². The quantitative estimate of drug-likeness (QED) is 0.422. The van der Waals surface area contributed by atoms with Crippen LogP contribution in [0.3, 0.4) is 0 Å². The molecule has 0 saturated heterocycles. The third-order valence-corrected chi connectivity index (χ3v) is 2.12. The van der Waals surface area contributed by atoms with Crippen molar-refractivity contribution in [1.82, 2.24) is 4.98 Å². The Morgan fingerprint density at radius 2 is 2.00 bits per heavy atom. The Morgan fingerprint density at radius 3 is 2.79 bits per heavy atom. The lowest BCUT2D eigenvalue weighted by molar-refractivity contribution is 0.319. The van der Waals surface area contributed by atoms with Gasteiger partial charge in [-0.05, 0) is 19.1 Å². The Labute approximate surface area is 81.7 Å². The molecule has 1 N–H and O–H groups in total. The maximum atomic E-state index is 8.61. The molecule has 3 heteroatoms. The average molecular weight is 186 g/mol. The lowest BCUT2D eigenvalue weighted by Gasteiger charge is -2.00. The fourth-order valence-electron chi connectivity index (χ4n) is 1.32. The summed E-state index contributed by atoms with van der Waals surface area (Å²) < 4.78 is 0. The van der Waals surface area contributed by atoms with Gasteiger partial charge in [-0.25, -0.2) is 4.98 Å². The van der Waals surface area contributed by atoms with Gasteiger partial charge in [0.1, 0.15) is 5.71 Å². The molecule has 70 valence electrons. The summed E-state index contributed by atoms with van der Waals surface area (Å²) in [6.07, 6.45) is 0. The highest BCUT2D eigenvalue weighted by atomic mass is 16.4. The van der Waals surface area contributed by atoms with Crippen LogP contribution in [-0.4, -0.2) is 15.9 Å². The van der Waals surface area contributed by atoms with Crippen LogP contribution < -0.4 is 0 Å². The predicted octanol–water partition coefficient (Wildman–Crippen LogP) is 2.43. The molecule has 2 rings (SSSR count). The first-order valence-corrected chi connectivity index (χ1v) is 4.36. The third-order valence-electron chi connectivity index (χ3n) is 2.12. The molecule has 0 unspecified atom stereocenters. The van der Waals surface area contributed by atoms with E-state index in [1.54, 1.807) is 6.92 Å². The molecule has 0 spiro atoms. The zero-order chi connectivity index (χ0) is 9.97. The summed E-state index contributed by atoms with van der Waals surface area (Å²) in [4.78, 5) is 4.36. The van der Waals surface area contributed by atoms with E-state index in [0.717, 1.165) is 10.9 Å². The van der Waals surface area contributed by atoms with Gasteiger partial charge < -0.3 is 5.21 Å². The normalized spacial score (nSPS) is 11.9. The van der Waals surface area contributed by atoms with Crippen LogP contribution in [-0.2, 0) is 0 Å². The minimum atomic E-state index is 0.524. The van der Waals surface area contributed by atoms with E-state index in [-0.39, 0.29) is 0 Å². The monoisotopic (exact) mass is 186 g/mol. The largest absolute Gasteiger partial charge is 0.411 e. The summed E-state index contributed by atoms with van der Waals surface area (Å²) in [6, 6.07) is 11.6. The van der Waals surface area contributed by atoms with Gasteiger partial charge in [0.15, 0.2) is 0 Å². The van der Waals surface area contributed by atoms with Crippen LogP contribution >= 0.6 is 0 Å². The van der Waals surface area contributed by atoms with Crippen molar-refractivity contribution in [3.8, 4) is 0 Å². The lowest BCUT2D eigenvalue weighted by atomic mass is 10.2. The Hall–Kier alpha value is -1.90. The van der Waals surface area contributed by atoms with Crippen molar-refractivity contribution in [2.45, 2.75) is 6.92 Å². The molecule has 0 amide bonds. The van der Waals surface area contributed by atoms with Crippen molar-refractivity contribution in [2.24, 2.45) is 5.16 Å². The van der Waals surface area contributed by atoms with Crippen LogP contribution in [0.1, 0.15) is 12.6 Å². The Balaban J connectivity index is 2.62. The third kappa shape index (κ3) is 1.44. The summed E-state index contributed by atoms with van der Waals surface area (Å²) in [6.45, 7) is 1.72. The molecule has 0 aliphatic rings. The van der Waals surface area contributed by atoms with E-state index in [0.29, 0.717) is 11.4 Å². The first-order valence-electron chi connectivity index (χ1n) is 4.36. The molecule has 1 heterocycles. The Kier molecular flexibility index (Phi) is 2.14. The van der Waals surface area contributed by atoms with Crippen molar-refractivity contribution >= 4 is 16.6 Å². The van der Waals surface area contributed by atoms with E-state index in [9.17, 15) is 0 Å². The van der Waals surface area contributed by atoms with Crippen LogP contribution in [0.2, 0.25) is 0 Å². The molecule has 0 fully saturated rings. The smallest absolute Gasteiger partial charge is 0.102 e. The summed E-state index contributed by atoms with van der Waals surface area (Å²) >= 11 is 0. The zero-order valence-corrected chi connectivity index (χ0v) is 7.81. The van der Waals surface area contributed by atoms with Gasteiger partial charge in [0.05, 0.1) is 11.2 Å². The highest BCUT2D eigenvalue weighted by molar-refractivity contribution is 5.98. The van der Waals surface area contributed by atoms with Crippen molar-refractivity contribution in [3.05, 3.63) is 42.1 Å². The SMILES string of the molecule is C/C(=N/O)c1ccc2ccccc2n1. The van der Waals surface area contributed by atoms with Crippen LogP contribution in [0, 0.1) is 0 Å². The molecule has 0 atom stereocenters. The average Bonchev–Trinajstić information content (AvgIpc) is 2.27. The molecule has 0 aliphatic carbocycles. The Bertz CT molecular complexity index is 491. The highest BCUT2D eigenvalue weighted by Gasteiger charge is 2.00. The second-order valence-electron chi connectivity index (χ2n) is 3.07. The predicted molar refractivity (Wildman–Crippen MR) is 55.7 cm³/mol. The number of hydrogen-bond donors (Lipinski definition) is 1. The first-order chi connectivity index (χ1) is 6.81. The number of nitrogens with zero attached hydrogens (tertiary/aromatic N) is 2. The molecule has 1 aromatic heterocycles. The molecule has 0 bridgehead atoms. The van der Waals surface area contributed by atoms with Gasteiger partial charge in [-0.15, -0.1) is 0 Å². The van der Waals surface area contributed by atoms with Crippen molar-refractivity contribution in [2.75, 3.05) is 0 Å². The first kappa shape index (κ1) is 8.69. The van der Waals surface area contributed by atoms with Gasteiger partial charge in [-0.3, -0.25) is 0 Å².